The number of halogens is 1. The van der Waals surface area contributed by atoms with Crippen LogP contribution in [0.25, 0.3) is 0 Å². The number of likely N-dealkylation sites (tertiary alicyclic amines) is 1. The van der Waals surface area contributed by atoms with Gasteiger partial charge in [0.05, 0.1) is 5.41 Å². The van der Waals surface area contributed by atoms with Crippen molar-refractivity contribution in [2.45, 2.75) is 50.0 Å². The van der Waals surface area contributed by atoms with Gasteiger partial charge in [-0.05, 0) is 56.2 Å². The maximum Gasteiger partial charge on any atom is 0.233 e. The summed E-state index contributed by atoms with van der Waals surface area (Å²) in [6.45, 7) is 1.07. The average molecular weight is 308 g/mol. The highest BCUT2D eigenvalue weighted by Crippen LogP contribution is 2.50. The quantitative estimate of drug-likeness (QED) is 0.908. The highest BCUT2D eigenvalue weighted by molar-refractivity contribution is 6.30. The smallest absolute Gasteiger partial charge is 0.233 e. The van der Waals surface area contributed by atoms with Crippen LogP contribution in [0.5, 0.6) is 0 Å². The number of hydrogen-bond donors (Lipinski definition) is 1. The Morgan fingerprint density at radius 2 is 2.05 bits per heavy atom. The van der Waals surface area contributed by atoms with Gasteiger partial charge in [-0.3, -0.25) is 4.79 Å². The molecule has 114 valence electrons. The van der Waals surface area contributed by atoms with Crippen molar-refractivity contribution in [1.82, 2.24) is 4.90 Å². The van der Waals surface area contributed by atoms with Gasteiger partial charge in [0.25, 0.3) is 0 Å². The van der Waals surface area contributed by atoms with Gasteiger partial charge in [-0.1, -0.05) is 23.7 Å². The average Bonchev–Trinajstić information content (AvgIpc) is 3.17. The number of hydrogen-bond acceptors (Lipinski definition) is 2. The second-order valence-electron chi connectivity index (χ2n) is 6.25. The largest absolute Gasteiger partial charge is 0.396 e. The Balaban J connectivity index is 1.76. The van der Waals surface area contributed by atoms with Gasteiger partial charge in [0.15, 0.2) is 0 Å². The third-order valence-corrected chi connectivity index (χ3v) is 5.14. The first-order valence-electron chi connectivity index (χ1n) is 7.85. The number of carbonyl (C=O) groups excluding carboxylic acids is 1. The molecule has 2 aliphatic rings. The van der Waals surface area contributed by atoms with Crippen LogP contribution in [-0.4, -0.2) is 35.1 Å². The molecule has 1 saturated carbocycles. The van der Waals surface area contributed by atoms with Crippen molar-refractivity contribution in [2.24, 2.45) is 0 Å². The van der Waals surface area contributed by atoms with Crippen molar-refractivity contribution >= 4 is 17.5 Å². The van der Waals surface area contributed by atoms with Gasteiger partial charge < -0.3 is 10.0 Å². The minimum absolute atomic E-state index is 0.209. The molecular weight excluding hydrogens is 286 g/mol. The summed E-state index contributed by atoms with van der Waals surface area (Å²) in [4.78, 5) is 15.1. The molecule has 1 heterocycles. The van der Waals surface area contributed by atoms with Crippen LogP contribution in [0.3, 0.4) is 0 Å². The molecule has 2 fully saturated rings. The van der Waals surface area contributed by atoms with E-state index in [1.165, 1.54) is 0 Å². The van der Waals surface area contributed by atoms with Crippen LogP contribution < -0.4 is 0 Å². The second-order valence-corrected chi connectivity index (χ2v) is 6.69. The van der Waals surface area contributed by atoms with E-state index in [-0.39, 0.29) is 17.9 Å². The van der Waals surface area contributed by atoms with Crippen LogP contribution in [-0.2, 0) is 10.2 Å². The number of aliphatic hydroxyl groups is 1. The molecule has 1 unspecified atom stereocenters. The molecule has 0 radical (unpaired) electrons. The molecule has 3 rings (SSSR count). The highest BCUT2D eigenvalue weighted by atomic mass is 35.5. The predicted molar refractivity (Wildman–Crippen MR) is 83.4 cm³/mol. The number of benzene rings is 1. The summed E-state index contributed by atoms with van der Waals surface area (Å²) in [5.74, 6) is 0.283. The molecule has 1 aromatic carbocycles. The summed E-state index contributed by atoms with van der Waals surface area (Å²) >= 11 is 5.95. The molecule has 1 amide bonds. The minimum atomic E-state index is -0.299. The normalized spacial score (nSPS) is 23.3. The molecule has 0 bridgehead atoms. The number of aliphatic hydroxyl groups excluding tert-OH is 1. The summed E-state index contributed by atoms with van der Waals surface area (Å²) in [6.07, 6.45) is 5.73. The van der Waals surface area contributed by atoms with Gasteiger partial charge in [-0.2, -0.15) is 0 Å². The molecule has 1 saturated heterocycles. The van der Waals surface area contributed by atoms with E-state index in [4.69, 9.17) is 16.7 Å². The van der Waals surface area contributed by atoms with E-state index in [1.807, 2.05) is 24.3 Å². The Kier molecular flexibility index (Phi) is 4.23. The number of nitrogens with zero attached hydrogens (tertiary/aromatic N) is 1. The number of amides is 1. The molecule has 1 aliphatic carbocycles. The van der Waals surface area contributed by atoms with Crippen molar-refractivity contribution in [1.29, 1.82) is 0 Å². The monoisotopic (exact) mass is 307 g/mol. The van der Waals surface area contributed by atoms with Crippen LogP contribution in [0, 0.1) is 0 Å². The maximum atomic E-state index is 13.0. The molecule has 0 spiro atoms. The Morgan fingerprint density at radius 3 is 2.67 bits per heavy atom. The van der Waals surface area contributed by atoms with Crippen LogP contribution >= 0.6 is 11.6 Å². The van der Waals surface area contributed by atoms with Crippen molar-refractivity contribution in [2.75, 3.05) is 13.2 Å². The van der Waals surface area contributed by atoms with Gasteiger partial charge in [0.2, 0.25) is 5.91 Å². The van der Waals surface area contributed by atoms with Crippen molar-refractivity contribution in [3.8, 4) is 0 Å². The fourth-order valence-electron chi connectivity index (χ4n) is 3.52. The van der Waals surface area contributed by atoms with Crippen molar-refractivity contribution in [3.63, 3.8) is 0 Å². The third-order valence-electron chi connectivity index (χ3n) is 4.89. The zero-order valence-corrected chi connectivity index (χ0v) is 13.0. The first-order valence-corrected chi connectivity index (χ1v) is 8.23. The first kappa shape index (κ1) is 14.9. The standard InChI is InChI=1S/C17H22ClNO2/c18-14-7-5-13(6-8-14)17(9-10-17)16(21)19-11-1-3-15(19)4-2-12-20/h5-8,15,20H,1-4,9-12H2. The van der Waals surface area contributed by atoms with Crippen LogP contribution in [0.15, 0.2) is 24.3 Å². The zero-order valence-electron chi connectivity index (χ0n) is 12.2. The van der Waals surface area contributed by atoms with E-state index in [9.17, 15) is 4.79 Å². The fourth-order valence-corrected chi connectivity index (χ4v) is 3.65. The summed E-state index contributed by atoms with van der Waals surface area (Å²) in [5.41, 5.74) is 0.802. The lowest BCUT2D eigenvalue weighted by atomic mass is 9.93. The molecule has 1 aliphatic heterocycles. The topological polar surface area (TPSA) is 40.5 Å². The summed E-state index contributed by atoms with van der Waals surface area (Å²) in [6, 6.07) is 8.04. The lowest BCUT2D eigenvalue weighted by Crippen LogP contribution is -2.42. The summed E-state index contributed by atoms with van der Waals surface area (Å²) in [5, 5.41) is 9.72. The van der Waals surface area contributed by atoms with E-state index < -0.39 is 0 Å². The summed E-state index contributed by atoms with van der Waals surface area (Å²) in [7, 11) is 0. The van der Waals surface area contributed by atoms with Crippen LogP contribution in [0.2, 0.25) is 5.02 Å². The number of carbonyl (C=O) groups is 1. The Morgan fingerprint density at radius 1 is 1.33 bits per heavy atom. The Bertz CT molecular complexity index is 510. The molecular formula is C17H22ClNO2. The van der Waals surface area contributed by atoms with Crippen molar-refractivity contribution in [3.05, 3.63) is 34.9 Å². The van der Waals surface area contributed by atoms with E-state index in [0.717, 1.165) is 50.6 Å². The van der Waals surface area contributed by atoms with E-state index in [2.05, 4.69) is 4.90 Å². The molecule has 1 aromatic rings. The molecule has 1 atom stereocenters. The molecule has 1 N–H and O–H groups in total. The molecule has 3 nitrogen and oxygen atoms in total. The SMILES string of the molecule is O=C(N1CCCC1CCCO)C1(c2ccc(Cl)cc2)CC1. The second kappa shape index (κ2) is 5.98. The predicted octanol–water partition coefficient (Wildman–Crippen LogP) is 3.14. The van der Waals surface area contributed by atoms with Crippen LogP contribution in [0.4, 0.5) is 0 Å². The number of rotatable bonds is 5. The molecule has 0 aromatic heterocycles. The van der Waals surface area contributed by atoms with Gasteiger partial charge in [-0.25, -0.2) is 0 Å². The highest BCUT2D eigenvalue weighted by Gasteiger charge is 2.54. The van der Waals surface area contributed by atoms with Gasteiger partial charge in [0, 0.05) is 24.2 Å². The van der Waals surface area contributed by atoms with Gasteiger partial charge in [-0.15, -0.1) is 0 Å². The van der Waals surface area contributed by atoms with E-state index in [1.54, 1.807) is 0 Å². The zero-order chi connectivity index (χ0) is 14.9. The first-order chi connectivity index (χ1) is 10.2. The van der Waals surface area contributed by atoms with Crippen LogP contribution in [0.1, 0.15) is 44.1 Å². The molecule has 4 heteroatoms. The van der Waals surface area contributed by atoms with Crippen molar-refractivity contribution < 1.29 is 9.90 Å². The summed E-state index contributed by atoms with van der Waals surface area (Å²) < 4.78 is 0. The van der Waals surface area contributed by atoms with E-state index >= 15 is 0 Å². The maximum absolute atomic E-state index is 13.0. The Labute approximate surface area is 130 Å². The third kappa shape index (κ3) is 2.82. The fraction of sp³-hybridized carbons (Fsp3) is 0.588. The molecule has 21 heavy (non-hydrogen) atoms. The van der Waals surface area contributed by atoms with Gasteiger partial charge in [0.1, 0.15) is 0 Å². The minimum Gasteiger partial charge on any atom is -0.396 e. The lowest BCUT2D eigenvalue weighted by Gasteiger charge is -2.29. The Hall–Kier alpha value is -1.06. The van der Waals surface area contributed by atoms with E-state index in [0.29, 0.717) is 11.1 Å². The lowest BCUT2D eigenvalue weighted by molar-refractivity contribution is -0.135. The van der Waals surface area contributed by atoms with Gasteiger partial charge >= 0.3 is 0 Å².